The number of nitrogens with one attached hydrogen (secondary N) is 1. The van der Waals surface area contributed by atoms with E-state index in [1.165, 1.54) is 31.1 Å². The second-order valence-corrected chi connectivity index (χ2v) is 7.02. The van der Waals surface area contributed by atoms with Gasteiger partial charge in [-0.3, -0.25) is 9.69 Å². The zero-order valence-corrected chi connectivity index (χ0v) is 16.3. The highest BCUT2D eigenvalue weighted by Crippen LogP contribution is 2.36. The van der Waals surface area contributed by atoms with Crippen LogP contribution in [-0.4, -0.2) is 51.9 Å². The van der Waals surface area contributed by atoms with Gasteiger partial charge in [0.2, 0.25) is 0 Å². The van der Waals surface area contributed by atoms with Crippen LogP contribution >= 0.6 is 0 Å². The van der Waals surface area contributed by atoms with Crippen LogP contribution in [0.2, 0.25) is 0 Å². The molecule has 1 fully saturated rings. The van der Waals surface area contributed by atoms with Gasteiger partial charge in [-0.25, -0.2) is 15.0 Å². The van der Waals surface area contributed by atoms with E-state index in [-0.39, 0.29) is 11.4 Å². The number of nitrogens with zero attached hydrogens (tertiary/aromatic N) is 5. The molecule has 1 amide bonds. The van der Waals surface area contributed by atoms with Gasteiger partial charge >= 0.3 is 6.18 Å². The lowest BCUT2D eigenvalue weighted by atomic mass is 10.1. The Bertz CT molecular complexity index is 1020. The van der Waals surface area contributed by atoms with Crippen LogP contribution in [0.3, 0.4) is 0 Å². The van der Waals surface area contributed by atoms with Crippen molar-refractivity contribution in [2.45, 2.75) is 12.7 Å². The second kappa shape index (κ2) is 8.72. The first kappa shape index (κ1) is 20.8. The van der Waals surface area contributed by atoms with Gasteiger partial charge in [-0.1, -0.05) is 0 Å². The quantitative estimate of drug-likeness (QED) is 0.663. The number of piperazine rings is 1. The first-order chi connectivity index (χ1) is 14.9. The normalized spacial score (nSPS) is 15.1. The van der Waals surface area contributed by atoms with Gasteiger partial charge in [0.05, 0.1) is 22.6 Å². The van der Waals surface area contributed by atoms with E-state index in [0.717, 1.165) is 17.8 Å². The Morgan fingerprint density at radius 3 is 2.58 bits per heavy atom. The maximum absolute atomic E-state index is 13.3. The van der Waals surface area contributed by atoms with Gasteiger partial charge in [-0.05, 0) is 24.3 Å². The summed E-state index contributed by atoms with van der Waals surface area (Å²) in [6.45, 7) is 3.17. The minimum atomic E-state index is -4.52. The van der Waals surface area contributed by atoms with E-state index in [4.69, 9.17) is 4.42 Å². The largest absolute Gasteiger partial charge is 0.451 e. The Kier molecular flexibility index (Phi) is 5.85. The van der Waals surface area contributed by atoms with E-state index < -0.39 is 17.6 Å². The van der Waals surface area contributed by atoms with Crippen LogP contribution in [0, 0.1) is 0 Å². The number of alkyl halides is 3. The van der Waals surface area contributed by atoms with Crippen LogP contribution in [0.25, 0.3) is 0 Å². The van der Waals surface area contributed by atoms with E-state index in [9.17, 15) is 18.0 Å². The maximum Gasteiger partial charge on any atom is 0.416 e. The molecule has 0 atom stereocenters. The van der Waals surface area contributed by atoms with Gasteiger partial charge in [0.1, 0.15) is 18.3 Å². The van der Waals surface area contributed by atoms with Crippen molar-refractivity contribution in [3.05, 3.63) is 66.4 Å². The predicted molar refractivity (Wildman–Crippen MR) is 105 cm³/mol. The number of benzene rings is 1. The number of halogens is 3. The molecule has 31 heavy (non-hydrogen) atoms. The van der Waals surface area contributed by atoms with Crippen molar-refractivity contribution in [3.63, 3.8) is 0 Å². The molecule has 162 valence electrons. The Morgan fingerprint density at radius 2 is 1.94 bits per heavy atom. The summed E-state index contributed by atoms with van der Waals surface area (Å²) in [5.41, 5.74) is 0.662. The third-order valence-corrected chi connectivity index (χ3v) is 4.97. The van der Waals surface area contributed by atoms with Crippen LogP contribution in [-0.2, 0) is 12.7 Å². The number of hydrogen-bond donors (Lipinski definition) is 1. The molecule has 1 aliphatic rings. The fourth-order valence-electron chi connectivity index (χ4n) is 3.39. The molecule has 1 N–H and O–H groups in total. The number of hydrogen-bond acceptors (Lipinski definition) is 7. The topological polar surface area (TPSA) is 87.4 Å². The Balaban J connectivity index is 1.53. The minimum absolute atomic E-state index is 0.0655. The molecule has 4 rings (SSSR count). The molecule has 0 radical (unpaired) electrons. The fraction of sp³-hybridized carbons (Fsp3) is 0.300. The summed E-state index contributed by atoms with van der Waals surface area (Å²) in [6.07, 6.45) is 1.03. The minimum Gasteiger partial charge on any atom is -0.451 e. The summed E-state index contributed by atoms with van der Waals surface area (Å²) in [4.78, 5) is 28.4. The highest BCUT2D eigenvalue weighted by Gasteiger charge is 2.32. The molecular weight excluding hydrogens is 413 g/mol. The monoisotopic (exact) mass is 432 g/mol. The third-order valence-electron chi connectivity index (χ3n) is 4.97. The fourth-order valence-corrected chi connectivity index (χ4v) is 3.39. The highest BCUT2D eigenvalue weighted by molar-refractivity contribution is 6.04. The molecule has 0 saturated carbocycles. The molecule has 3 aromatic rings. The molecule has 2 aromatic heterocycles. The molecule has 3 heterocycles. The van der Waals surface area contributed by atoms with E-state index in [1.54, 1.807) is 6.26 Å². The van der Waals surface area contributed by atoms with Crippen molar-refractivity contribution in [3.8, 4) is 0 Å². The molecular formula is C20H19F3N6O2. The van der Waals surface area contributed by atoms with E-state index >= 15 is 0 Å². The lowest BCUT2D eigenvalue weighted by Crippen LogP contribution is -2.46. The number of oxazole rings is 1. The van der Waals surface area contributed by atoms with Crippen molar-refractivity contribution < 1.29 is 22.4 Å². The third kappa shape index (κ3) is 5.00. The van der Waals surface area contributed by atoms with Gasteiger partial charge in [0, 0.05) is 38.9 Å². The van der Waals surface area contributed by atoms with Crippen molar-refractivity contribution in [1.82, 2.24) is 19.9 Å². The van der Waals surface area contributed by atoms with Crippen LogP contribution in [0.15, 0.2) is 53.9 Å². The van der Waals surface area contributed by atoms with Crippen LogP contribution < -0.4 is 10.2 Å². The number of carbonyl (C=O) groups is 1. The molecule has 0 spiro atoms. The summed E-state index contributed by atoms with van der Waals surface area (Å²) in [5.74, 6) is -0.604. The van der Waals surface area contributed by atoms with E-state index in [1.807, 2.05) is 4.90 Å². The lowest BCUT2D eigenvalue weighted by molar-refractivity contribution is -0.137. The summed E-state index contributed by atoms with van der Waals surface area (Å²) in [5, 5.41) is 2.58. The average molecular weight is 432 g/mol. The molecule has 1 aromatic carbocycles. The standard InChI is InChI=1S/C20H19F3N6O2/c21-20(22,23)14-1-2-18(17(9-14)27-19(30)16-3-4-24-12-25-16)29-7-5-28(6-8-29)10-15-11-31-13-26-15/h1-4,9,11-13H,5-8,10H2,(H,27,30). The Morgan fingerprint density at radius 1 is 1.13 bits per heavy atom. The van der Waals surface area contributed by atoms with Gasteiger partial charge < -0.3 is 14.6 Å². The highest BCUT2D eigenvalue weighted by atomic mass is 19.4. The molecule has 0 aliphatic carbocycles. The van der Waals surface area contributed by atoms with Gasteiger partial charge in [-0.2, -0.15) is 13.2 Å². The Labute approximate surface area is 175 Å². The summed E-state index contributed by atoms with van der Waals surface area (Å²) >= 11 is 0. The predicted octanol–water partition coefficient (Wildman–Crippen LogP) is 3.06. The molecule has 1 aliphatic heterocycles. The maximum atomic E-state index is 13.3. The van der Waals surface area contributed by atoms with Gasteiger partial charge in [0.25, 0.3) is 5.91 Å². The molecule has 0 unspecified atom stereocenters. The van der Waals surface area contributed by atoms with Crippen LogP contribution in [0.4, 0.5) is 24.5 Å². The van der Waals surface area contributed by atoms with Crippen molar-refractivity contribution in [1.29, 1.82) is 0 Å². The number of aromatic nitrogens is 3. The van der Waals surface area contributed by atoms with Crippen molar-refractivity contribution in [2.75, 3.05) is 36.4 Å². The van der Waals surface area contributed by atoms with E-state index in [2.05, 4.69) is 25.2 Å². The lowest BCUT2D eigenvalue weighted by Gasteiger charge is -2.36. The number of amides is 1. The van der Waals surface area contributed by atoms with Crippen molar-refractivity contribution >= 4 is 17.3 Å². The van der Waals surface area contributed by atoms with Crippen molar-refractivity contribution in [2.24, 2.45) is 0 Å². The van der Waals surface area contributed by atoms with E-state index in [0.29, 0.717) is 38.4 Å². The first-order valence-electron chi connectivity index (χ1n) is 9.53. The Hall–Kier alpha value is -3.47. The summed E-state index contributed by atoms with van der Waals surface area (Å²) in [6, 6.07) is 4.77. The molecule has 11 heteroatoms. The van der Waals surface area contributed by atoms with Crippen LogP contribution in [0.5, 0.6) is 0 Å². The molecule has 1 saturated heterocycles. The zero-order chi connectivity index (χ0) is 21.8. The van der Waals surface area contributed by atoms with Crippen LogP contribution in [0.1, 0.15) is 21.7 Å². The average Bonchev–Trinajstić information content (AvgIpc) is 3.27. The number of anilines is 2. The first-order valence-corrected chi connectivity index (χ1v) is 9.53. The smallest absolute Gasteiger partial charge is 0.416 e. The SMILES string of the molecule is O=C(Nc1cc(C(F)(F)F)ccc1N1CCN(Cc2cocn2)CC1)c1ccncn1. The number of rotatable bonds is 5. The second-order valence-electron chi connectivity index (χ2n) is 7.02. The summed E-state index contributed by atoms with van der Waals surface area (Å²) in [7, 11) is 0. The zero-order valence-electron chi connectivity index (χ0n) is 16.3. The van der Waals surface area contributed by atoms with Gasteiger partial charge in [0.15, 0.2) is 6.39 Å². The van der Waals surface area contributed by atoms with Gasteiger partial charge in [-0.15, -0.1) is 0 Å². The number of carbonyl (C=O) groups excluding carboxylic acids is 1. The molecule has 0 bridgehead atoms. The molecule has 8 nitrogen and oxygen atoms in total. The summed E-state index contributed by atoms with van der Waals surface area (Å²) < 4.78 is 44.8.